The Morgan fingerprint density at radius 2 is 2.00 bits per heavy atom. The van der Waals surface area contributed by atoms with E-state index in [-0.39, 0.29) is 11.9 Å². The summed E-state index contributed by atoms with van der Waals surface area (Å²) in [5.74, 6) is 0.865. The van der Waals surface area contributed by atoms with Gasteiger partial charge < -0.3 is 10.6 Å². The van der Waals surface area contributed by atoms with Crippen molar-refractivity contribution in [1.82, 2.24) is 19.7 Å². The summed E-state index contributed by atoms with van der Waals surface area (Å²) < 4.78 is 2.68. The van der Waals surface area contributed by atoms with Crippen molar-refractivity contribution in [2.24, 2.45) is 0 Å². The summed E-state index contributed by atoms with van der Waals surface area (Å²) in [4.78, 5) is 21.4. The zero-order chi connectivity index (χ0) is 18.1. The van der Waals surface area contributed by atoms with E-state index in [1.807, 2.05) is 37.3 Å². The summed E-state index contributed by atoms with van der Waals surface area (Å²) in [6.45, 7) is 1.86. The first-order valence-electron chi connectivity index (χ1n) is 7.98. The van der Waals surface area contributed by atoms with Gasteiger partial charge in [0.1, 0.15) is 18.2 Å². The van der Waals surface area contributed by atoms with Gasteiger partial charge in [-0.15, -0.1) is 0 Å². The van der Waals surface area contributed by atoms with Crippen LogP contribution >= 0.6 is 15.9 Å². The third kappa shape index (κ3) is 2.99. The second-order valence-corrected chi connectivity index (χ2v) is 6.73. The number of allylic oxidation sites excluding steroid dienone is 1. The van der Waals surface area contributed by atoms with Gasteiger partial charge in [0, 0.05) is 16.4 Å². The fourth-order valence-corrected chi connectivity index (χ4v) is 3.22. The lowest BCUT2D eigenvalue weighted by Gasteiger charge is -2.28. The molecule has 1 aromatic carbocycles. The van der Waals surface area contributed by atoms with Gasteiger partial charge >= 0.3 is 0 Å². The van der Waals surface area contributed by atoms with Gasteiger partial charge in [-0.25, -0.2) is 9.67 Å². The Labute approximate surface area is 158 Å². The number of halogens is 1. The van der Waals surface area contributed by atoms with Crippen molar-refractivity contribution in [3.8, 4) is 0 Å². The standard InChI is InChI=1S/C18H15BrN6O/c1-11-15(17(26)24-14-4-2-3-9-20-14)16(12-5-7-13(19)8-6-12)25-18(23-11)21-10-22-25/h2-10,16H,1H3,(H,20,24,26)(H,21,22,23)/t16-/m1/s1. The lowest BCUT2D eigenvalue weighted by molar-refractivity contribution is -0.113. The first-order valence-corrected chi connectivity index (χ1v) is 8.78. The molecule has 0 unspecified atom stereocenters. The fraction of sp³-hybridized carbons (Fsp3) is 0.111. The molecule has 3 aromatic rings. The number of aromatic nitrogens is 4. The van der Waals surface area contributed by atoms with E-state index in [1.54, 1.807) is 23.0 Å². The van der Waals surface area contributed by atoms with Crippen LogP contribution in [-0.4, -0.2) is 25.7 Å². The Morgan fingerprint density at radius 1 is 1.19 bits per heavy atom. The minimum atomic E-state index is -0.384. The Bertz CT molecular complexity index is 980. The Kier molecular flexibility index (Phi) is 4.26. The molecule has 1 aliphatic rings. The fourth-order valence-electron chi connectivity index (χ4n) is 2.96. The maximum absolute atomic E-state index is 13.0. The molecule has 4 rings (SSSR count). The number of hydrogen-bond donors (Lipinski definition) is 2. The topological polar surface area (TPSA) is 84.7 Å². The van der Waals surface area contributed by atoms with E-state index in [0.29, 0.717) is 17.3 Å². The lowest BCUT2D eigenvalue weighted by Crippen LogP contribution is -2.31. The molecule has 26 heavy (non-hydrogen) atoms. The predicted octanol–water partition coefficient (Wildman–Crippen LogP) is 3.36. The average Bonchev–Trinajstić information content (AvgIpc) is 3.10. The van der Waals surface area contributed by atoms with E-state index < -0.39 is 0 Å². The van der Waals surface area contributed by atoms with E-state index >= 15 is 0 Å². The zero-order valence-electron chi connectivity index (χ0n) is 13.8. The number of fused-ring (bicyclic) bond motifs is 1. The molecule has 0 radical (unpaired) electrons. The molecule has 1 aliphatic heterocycles. The second kappa shape index (κ2) is 6.72. The SMILES string of the molecule is CC1=C(C(=O)Nc2ccccn2)[C@@H](c2ccc(Br)cc2)n2ncnc2N1. The number of anilines is 2. The lowest BCUT2D eigenvalue weighted by atomic mass is 9.95. The van der Waals surface area contributed by atoms with Crippen LogP contribution in [-0.2, 0) is 4.79 Å². The van der Waals surface area contributed by atoms with Gasteiger partial charge in [-0.2, -0.15) is 10.1 Å². The van der Waals surface area contributed by atoms with E-state index in [0.717, 1.165) is 15.7 Å². The molecule has 2 N–H and O–H groups in total. The third-order valence-corrected chi connectivity index (χ3v) is 4.66. The number of amides is 1. The normalized spacial score (nSPS) is 16.0. The number of carbonyl (C=O) groups is 1. The van der Waals surface area contributed by atoms with Crippen LogP contribution in [0.15, 0.2) is 70.7 Å². The van der Waals surface area contributed by atoms with Gasteiger partial charge in [0.15, 0.2) is 0 Å². The van der Waals surface area contributed by atoms with Gasteiger partial charge in [0.2, 0.25) is 5.95 Å². The van der Waals surface area contributed by atoms with Crippen molar-refractivity contribution in [3.05, 3.63) is 76.3 Å². The van der Waals surface area contributed by atoms with Crippen LogP contribution in [0.1, 0.15) is 18.5 Å². The van der Waals surface area contributed by atoms with Crippen molar-refractivity contribution in [3.63, 3.8) is 0 Å². The van der Waals surface area contributed by atoms with Gasteiger partial charge in [0.25, 0.3) is 5.91 Å². The van der Waals surface area contributed by atoms with Crippen LogP contribution < -0.4 is 10.6 Å². The maximum atomic E-state index is 13.0. The van der Waals surface area contributed by atoms with Gasteiger partial charge in [-0.05, 0) is 36.8 Å². The van der Waals surface area contributed by atoms with Crippen molar-refractivity contribution in [1.29, 1.82) is 0 Å². The Morgan fingerprint density at radius 3 is 2.73 bits per heavy atom. The van der Waals surface area contributed by atoms with Crippen molar-refractivity contribution in [2.75, 3.05) is 10.6 Å². The molecular weight excluding hydrogens is 396 g/mol. The van der Waals surface area contributed by atoms with Crippen LogP contribution in [0.2, 0.25) is 0 Å². The van der Waals surface area contributed by atoms with Crippen molar-refractivity contribution >= 4 is 33.6 Å². The van der Waals surface area contributed by atoms with Crippen LogP contribution in [0.4, 0.5) is 11.8 Å². The molecule has 7 nitrogen and oxygen atoms in total. The van der Waals surface area contributed by atoms with E-state index in [1.165, 1.54) is 6.33 Å². The summed E-state index contributed by atoms with van der Waals surface area (Å²) in [5.41, 5.74) is 2.23. The summed E-state index contributed by atoms with van der Waals surface area (Å²) in [7, 11) is 0. The molecule has 130 valence electrons. The molecule has 0 aliphatic carbocycles. The molecule has 0 saturated heterocycles. The van der Waals surface area contributed by atoms with E-state index in [9.17, 15) is 4.79 Å². The summed E-state index contributed by atoms with van der Waals surface area (Å²) >= 11 is 3.45. The largest absolute Gasteiger partial charge is 0.328 e. The molecule has 0 saturated carbocycles. The Hall–Kier alpha value is -3.00. The molecule has 0 fully saturated rings. The van der Waals surface area contributed by atoms with Crippen LogP contribution in [0.25, 0.3) is 0 Å². The number of nitrogens with one attached hydrogen (secondary N) is 2. The minimum absolute atomic E-state index is 0.234. The van der Waals surface area contributed by atoms with E-state index in [4.69, 9.17) is 0 Å². The highest BCUT2D eigenvalue weighted by atomic mass is 79.9. The van der Waals surface area contributed by atoms with Crippen LogP contribution in [0.3, 0.4) is 0 Å². The molecule has 0 spiro atoms. The predicted molar refractivity (Wildman–Crippen MR) is 101 cm³/mol. The highest BCUT2D eigenvalue weighted by molar-refractivity contribution is 9.10. The molecule has 2 aromatic heterocycles. The number of carbonyl (C=O) groups excluding carboxylic acids is 1. The first-order chi connectivity index (χ1) is 12.6. The number of pyridine rings is 1. The number of benzene rings is 1. The molecule has 0 bridgehead atoms. The van der Waals surface area contributed by atoms with E-state index in [2.05, 4.69) is 41.6 Å². The van der Waals surface area contributed by atoms with Gasteiger partial charge in [-0.3, -0.25) is 4.79 Å². The molecule has 3 heterocycles. The van der Waals surface area contributed by atoms with Crippen molar-refractivity contribution in [2.45, 2.75) is 13.0 Å². The number of nitrogens with zero attached hydrogens (tertiary/aromatic N) is 4. The number of hydrogen-bond acceptors (Lipinski definition) is 5. The summed E-state index contributed by atoms with van der Waals surface area (Å²) in [5, 5.41) is 10.3. The molecule has 1 amide bonds. The van der Waals surface area contributed by atoms with Gasteiger partial charge in [-0.1, -0.05) is 34.1 Å². The first kappa shape index (κ1) is 16.5. The summed E-state index contributed by atoms with van der Waals surface area (Å²) in [6.07, 6.45) is 3.11. The minimum Gasteiger partial charge on any atom is -0.328 e. The maximum Gasteiger partial charge on any atom is 0.257 e. The Balaban J connectivity index is 1.77. The molecule has 8 heteroatoms. The third-order valence-electron chi connectivity index (χ3n) is 4.13. The smallest absolute Gasteiger partial charge is 0.257 e. The monoisotopic (exact) mass is 410 g/mol. The summed E-state index contributed by atoms with van der Waals surface area (Å²) in [6, 6.07) is 12.8. The quantitative estimate of drug-likeness (QED) is 0.691. The number of rotatable bonds is 3. The highest BCUT2D eigenvalue weighted by Crippen LogP contribution is 2.35. The van der Waals surface area contributed by atoms with Crippen LogP contribution in [0, 0.1) is 0 Å². The second-order valence-electron chi connectivity index (χ2n) is 5.82. The molecule has 1 atom stereocenters. The molecular formula is C18H15BrN6O. The zero-order valence-corrected chi connectivity index (χ0v) is 15.4. The highest BCUT2D eigenvalue weighted by Gasteiger charge is 2.33. The average molecular weight is 411 g/mol. The van der Waals surface area contributed by atoms with Crippen LogP contribution in [0.5, 0.6) is 0 Å². The van der Waals surface area contributed by atoms with Gasteiger partial charge in [0.05, 0.1) is 5.57 Å². The van der Waals surface area contributed by atoms with Crippen molar-refractivity contribution < 1.29 is 4.79 Å².